The van der Waals surface area contributed by atoms with E-state index in [4.69, 9.17) is 0 Å². The lowest BCUT2D eigenvalue weighted by Gasteiger charge is -2.10. The Balaban J connectivity index is 3.93. The molecule has 0 aliphatic rings. The molecule has 0 spiro atoms. The fourth-order valence-electron chi connectivity index (χ4n) is 1.41. The summed E-state index contributed by atoms with van der Waals surface area (Å²) in [6, 6.07) is 0. The van der Waals surface area contributed by atoms with Crippen molar-refractivity contribution in [3.8, 4) is 0 Å². The van der Waals surface area contributed by atoms with Crippen LogP contribution in [-0.4, -0.2) is 18.9 Å². The highest BCUT2D eigenvalue weighted by Gasteiger charge is 2.11. The second-order valence-electron chi connectivity index (χ2n) is 3.68. The monoisotopic (exact) mass is 224 g/mol. The lowest BCUT2D eigenvalue weighted by Crippen LogP contribution is -2.10. The van der Waals surface area contributed by atoms with Gasteiger partial charge in [-0.25, -0.2) is 4.79 Å². The molecule has 0 fully saturated rings. The van der Waals surface area contributed by atoms with E-state index in [0.29, 0.717) is 0 Å². The van der Waals surface area contributed by atoms with Crippen LogP contribution in [-0.2, 0) is 14.3 Å². The molecule has 0 saturated carbocycles. The van der Waals surface area contributed by atoms with Crippen LogP contribution in [0, 0.1) is 5.92 Å². The van der Waals surface area contributed by atoms with Crippen molar-refractivity contribution in [2.75, 3.05) is 7.11 Å². The van der Waals surface area contributed by atoms with Gasteiger partial charge in [0.1, 0.15) is 5.78 Å². The molecule has 0 aromatic rings. The van der Waals surface area contributed by atoms with Crippen molar-refractivity contribution in [1.29, 1.82) is 0 Å². The highest BCUT2D eigenvalue weighted by atomic mass is 16.5. The van der Waals surface area contributed by atoms with E-state index in [2.05, 4.69) is 11.3 Å². The molecule has 0 aromatic heterocycles. The van der Waals surface area contributed by atoms with E-state index in [1.807, 2.05) is 6.08 Å². The maximum atomic E-state index is 11.3. The number of ether oxygens (including phenoxy) is 1. The summed E-state index contributed by atoms with van der Waals surface area (Å²) < 4.78 is 4.46. The first kappa shape index (κ1) is 14.6. The van der Waals surface area contributed by atoms with Gasteiger partial charge in [-0.1, -0.05) is 12.2 Å². The number of carbonyl (C=O) groups excluding carboxylic acids is 2. The van der Waals surface area contributed by atoms with E-state index >= 15 is 0 Å². The van der Waals surface area contributed by atoms with Crippen molar-refractivity contribution in [3.05, 3.63) is 24.8 Å². The number of Topliss-reactive ketones (excluding diaryl/α,β-unsaturated/α-hetero) is 1. The third kappa shape index (κ3) is 6.98. The van der Waals surface area contributed by atoms with Gasteiger partial charge >= 0.3 is 5.97 Å². The summed E-state index contributed by atoms with van der Waals surface area (Å²) in [5.41, 5.74) is 0. The molecule has 0 N–H and O–H groups in total. The summed E-state index contributed by atoms with van der Waals surface area (Å²) in [6.07, 6.45) is 8.14. The molecule has 0 aliphatic carbocycles. The molecule has 3 heteroatoms. The summed E-state index contributed by atoms with van der Waals surface area (Å²) in [5, 5.41) is 0. The zero-order chi connectivity index (χ0) is 12.4. The molecule has 0 radical (unpaired) electrons. The first-order valence-electron chi connectivity index (χ1n) is 5.47. The fraction of sp³-hybridized carbons (Fsp3) is 0.538. The van der Waals surface area contributed by atoms with E-state index < -0.39 is 0 Å². The molecule has 0 amide bonds. The van der Waals surface area contributed by atoms with Crippen LogP contribution >= 0.6 is 0 Å². The molecule has 0 aliphatic heterocycles. The van der Waals surface area contributed by atoms with Crippen LogP contribution in [0.5, 0.6) is 0 Å². The summed E-state index contributed by atoms with van der Waals surface area (Å²) in [5.74, 6) is -0.0842. The van der Waals surface area contributed by atoms with Gasteiger partial charge in [0.05, 0.1) is 7.11 Å². The van der Waals surface area contributed by atoms with Crippen LogP contribution in [0.4, 0.5) is 0 Å². The van der Waals surface area contributed by atoms with E-state index in [9.17, 15) is 9.59 Å². The van der Waals surface area contributed by atoms with Crippen molar-refractivity contribution in [2.45, 2.75) is 32.6 Å². The third-order valence-corrected chi connectivity index (χ3v) is 2.43. The molecule has 0 rings (SSSR count). The zero-order valence-corrected chi connectivity index (χ0v) is 10.1. The van der Waals surface area contributed by atoms with E-state index in [-0.39, 0.29) is 17.7 Å². The Morgan fingerprint density at radius 2 is 1.94 bits per heavy atom. The van der Waals surface area contributed by atoms with Gasteiger partial charge in [0.25, 0.3) is 0 Å². The second kappa shape index (κ2) is 8.89. The Kier molecular flexibility index (Phi) is 8.12. The Labute approximate surface area is 97.2 Å². The number of ketones is 1. The lowest BCUT2D eigenvalue weighted by molar-refractivity contribution is -0.134. The minimum absolute atomic E-state index is 0.0697. The topological polar surface area (TPSA) is 43.4 Å². The standard InChI is InChI=1S/C13H20O3/c1-4-5-8-12(11(2)14)9-6-7-10-13(15)16-3/h4,7,10,12H,1,5-6,8-9H2,2-3H3/b10-7+. The van der Waals surface area contributed by atoms with Gasteiger partial charge in [0.15, 0.2) is 0 Å². The van der Waals surface area contributed by atoms with E-state index in [1.165, 1.54) is 13.2 Å². The molecule has 0 bridgehead atoms. The maximum Gasteiger partial charge on any atom is 0.330 e. The van der Waals surface area contributed by atoms with Gasteiger partial charge in [0.2, 0.25) is 0 Å². The van der Waals surface area contributed by atoms with Crippen LogP contribution < -0.4 is 0 Å². The number of hydrogen-bond acceptors (Lipinski definition) is 3. The van der Waals surface area contributed by atoms with Crippen molar-refractivity contribution >= 4 is 11.8 Å². The van der Waals surface area contributed by atoms with Gasteiger partial charge in [-0.05, 0) is 32.6 Å². The summed E-state index contributed by atoms with van der Waals surface area (Å²) in [4.78, 5) is 22.1. The van der Waals surface area contributed by atoms with Crippen molar-refractivity contribution < 1.29 is 14.3 Å². The Bertz CT molecular complexity index is 266. The van der Waals surface area contributed by atoms with Gasteiger partial charge in [-0.2, -0.15) is 0 Å². The molecular weight excluding hydrogens is 204 g/mol. The molecule has 3 nitrogen and oxygen atoms in total. The first-order valence-corrected chi connectivity index (χ1v) is 5.47. The third-order valence-electron chi connectivity index (χ3n) is 2.43. The minimum atomic E-state index is -0.356. The highest BCUT2D eigenvalue weighted by molar-refractivity contribution is 5.81. The number of allylic oxidation sites excluding steroid dienone is 2. The molecule has 0 heterocycles. The quantitative estimate of drug-likeness (QED) is 0.361. The molecular formula is C13H20O3. The molecule has 1 unspecified atom stereocenters. The number of esters is 1. The summed E-state index contributed by atoms with van der Waals surface area (Å²) in [6.45, 7) is 5.25. The minimum Gasteiger partial charge on any atom is -0.466 e. The van der Waals surface area contributed by atoms with Gasteiger partial charge in [-0.3, -0.25) is 4.79 Å². The van der Waals surface area contributed by atoms with Crippen LogP contribution in [0.2, 0.25) is 0 Å². The predicted molar refractivity (Wildman–Crippen MR) is 64.0 cm³/mol. The Morgan fingerprint density at radius 1 is 1.31 bits per heavy atom. The number of rotatable bonds is 8. The fourth-order valence-corrected chi connectivity index (χ4v) is 1.41. The van der Waals surface area contributed by atoms with E-state index in [1.54, 1.807) is 13.0 Å². The molecule has 0 aromatic carbocycles. The first-order chi connectivity index (χ1) is 7.61. The smallest absolute Gasteiger partial charge is 0.330 e. The van der Waals surface area contributed by atoms with Crippen LogP contribution in [0.3, 0.4) is 0 Å². The summed E-state index contributed by atoms with van der Waals surface area (Å²) >= 11 is 0. The van der Waals surface area contributed by atoms with Crippen LogP contribution in [0.15, 0.2) is 24.8 Å². The normalized spacial score (nSPS) is 12.4. The molecule has 1 atom stereocenters. The average molecular weight is 224 g/mol. The Morgan fingerprint density at radius 3 is 2.44 bits per heavy atom. The zero-order valence-electron chi connectivity index (χ0n) is 10.1. The lowest BCUT2D eigenvalue weighted by atomic mass is 9.94. The van der Waals surface area contributed by atoms with Crippen molar-refractivity contribution in [1.82, 2.24) is 0 Å². The molecule has 16 heavy (non-hydrogen) atoms. The molecule has 0 saturated heterocycles. The number of methoxy groups -OCH3 is 1. The SMILES string of the molecule is C=CCCC(CC/C=C/C(=O)OC)C(C)=O. The van der Waals surface area contributed by atoms with Crippen molar-refractivity contribution in [2.24, 2.45) is 5.92 Å². The molecule has 90 valence electrons. The predicted octanol–water partition coefficient (Wildman–Crippen LogP) is 2.67. The van der Waals surface area contributed by atoms with Crippen LogP contribution in [0.25, 0.3) is 0 Å². The number of carbonyl (C=O) groups is 2. The Hall–Kier alpha value is -1.38. The van der Waals surface area contributed by atoms with E-state index in [0.717, 1.165) is 25.7 Å². The van der Waals surface area contributed by atoms with Gasteiger partial charge < -0.3 is 4.74 Å². The number of hydrogen-bond donors (Lipinski definition) is 0. The van der Waals surface area contributed by atoms with Crippen molar-refractivity contribution in [3.63, 3.8) is 0 Å². The maximum absolute atomic E-state index is 11.3. The van der Waals surface area contributed by atoms with Crippen LogP contribution in [0.1, 0.15) is 32.6 Å². The van der Waals surface area contributed by atoms with Gasteiger partial charge in [-0.15, -0.1) is 6.58 Å². The highest BCUT2D eigenvalue weighted by Crippen LogP contribution is 2.15. The summed E-state index contributed by atoms with van der Waals surface area (Å²) in [7, 11) is 1.34. The second-order valence-corrected chi connectivity index (χ2v) is 3.68. The van der Waals surface area contributed by atoms with Gasteiger partial charge in [0, 0.05) is 12.0 Å². The average Bonchev–Trinajstić information content (AvgIpc) is 2.27. The largest absolute Gasteiger partial charge is 0.466 e.